The van der Waals surface area contributed by atoms with E-state index in [-0.39, 0.29) is 5.25 Å². The second kappa shape index (κ2) is 7.16. The van der Waals surface area contributed by atoms with Crippen LogP contribution in [-0.4, -0.2) is 32.2 Å². The number of nitrogens with one attached hydrogen (secondary N) is 1. The summed E-state index contributed by atoms with van der Waals surface area (Å²) >= 11 is 1.83. The molecule has 0 aromatic heterocycles. The molecule has 1 N–H and O–H groups in total. The predicted molar refractivity (Wildman–Crippen MR) is 90.7 cm³/mol. The smallest absolute Gasteiger partial charge is 0.150 e. The summed E-state index contributed by atoms with van der Waals surface area (Å²) in [6.07, 6.45) is 5.13. The van der Waals surface area contributed by atoms with E-state index in [1.54, 1.807) is 0 Å². The van der Waals surface area contributed by atoms with Crippen molar-refractivity contribution in [2.45, 2.75) is 54.0 Å². The second-order valence-electron chi connectivity index (χ2n) is 5.94. The standard InChI is InChI=1S/C16H25NO2S2/c1-12(17-2)13-7-9-14(10-8-13)20-15-5-4-6-16(11-15)21(3,18)19/h7-10,12,15-17H,4-6,11H2,1-3H3. The Balaban J connectivity index is 1.98. The first-order valence-electron chi connectivity index (χ1n) is 7.53. The molecule has 0 bridgehead atoms. The normalized spacial score (nSPS) is 24.7. The first-order chi connectivity index (χ1) is 9.90. The Labute approximate surface area is 132 Å². The summed E-state index contributed by atoms with van der Waals surface area (Å²) in [5, 5.41) is 3.51. The lowest BCUT2D eigenvalue weighted by molar-refractivity contribution is 0.495. The van der Waals surface area contributed by atoms with Crippen molar-refractivity contribution < 1.29 is 8.42 Å². The molecule has 0 heterocycles. The van der Waals surface area contributed by atoms with E-state index >= 15 is 0 Å². The Morgan fingerprint density at radius 2 is 1.90 bits per heavy atom. The Kier molecular flexibility index (Phi) is 5.74. The maximum atomic E-state index is 11.7. The molecule has 1 aliphatic carbocycles. The third kappa shape index (κ3) is 4.73. The molecule has 3 nitrogen and oxygen atoms in total. The van der Waals surface area contributed by atoms with Gasteiger partial charge in [0, 0.05) is 22.4 Å². The summed E-state index contributed by atoms with van der Waals surface area (Å²) in [7, 11) is -0.935. The van der Waals surface area contributed by atoms with Gasteiger partial charge in [-0.1, -0.05) is 18.6 Å². The molecular formula is C16H25NO2S2. The Morgan fingerprint density at radius 1 is 1.24 bits per heavy atom. The molecule has 0 spiro atoms. The van der Waals surface area contributed by atoms with Crippen molar-refractivity contribution in [1.29, 1.82) is 0 Å². The summed E-state index contributed by atoms with van der Waals surface area (Å²) < 4.78 is 23.4. The van der Waals surface area contributed by atoms with Crippen LogP contribution in [0, 0.1) is 0 Å². The quantitative estimate of drug-likeness (QED) is 0.900. The Morgan fingerprint density at radius 3 is 2.48 bits per heavy atom. The van der Waals surface area contributed by atoms with Gasteiger partial charge in [-0.25, -0.2) is 8.42 Å². The third-order valence-corrected chi connectivity index (χ3v) is 7.24. The zero-order valence-corrected chi connectivity index (χ0v) is 14.6. The minimum absolute atomic E-state index is 0.146. The fourth-order valence-corrected chi connectivity index (χ4v) is 5.38. The van der Waals surface area contributed by atoms with Crippen LogP contribution in [0.3, 0.4) is 0 Å². The van der Waals surface area contributed by atoms with E-state index in [0.717, 1.165) is 25.7 Å². The van der Waals surface area contributed by atoms with Gasteiger partial charge in [0.15, 0.2) is 0 Å². The highest BCUT2D eigenvalue weighted by atomic mass is 32.2. The number of hydrogen-bond donors (Lipinski definition) is 1. The van der Waals surface area contributed by atoms with E-state index in [4.69, 9.17) is 0 Å². The average molecular weight is 328 g/mol. The van der Waals surface area contributed by atoms with Crippen molar-refractivity contribution in [2.24, 2.45) is 0 Å². The molecule has 0 radical (unpaired) electrons. The average Bonchev–Trinajstić information content (AvgIpc) is 2.47. The number of sulfone groups is 1. The van der Waals surface area contributed by atoms with E-state index in [9.17, 15) is 8.42 Å². The van der Waals surface area contributed by atoms with Gasteiger partial charge in [-0.3, -0.25) is 0 Å². The lowest BCUT2D eigenvalue weighted by Gasteiger charge is -2.27. The third-order valence-electron chi connectivity index (χ3n) is 4.30. The first kappa shape index (κ1) is 16.8. The molecule has 0 aliphatic heterocycles. The van der Waals surface area contributed by atoms with Crippen molar-refractivity contribution in [3.05, 3.63) is 29.8 Å². The van der Waals surface area contributed by atoms with Gasteiger partial charge in [-0.2, -0.15) is 0 Å². The molecule has 0 amide bonds. The molecule has 1 aromatic rings. The number of hydrogen-bond acceptors (Lipinski definition) is 4. The minimum atomic E-state index is -2.89. The van der Waals surface area contributed by atoms with Crippen LogP contribution in [0.5, 0.6) is 0 Å². The summed E-state index contributed by atoms with van der Waals surface area (Å²) in [6, 6.07) is 8.96. The highest BCUT2D eigenvalue weighted by Gasteiger charge is 2.29. The molecular weight excluding hydrogens is 302 g/mol. The fourth-order valence-electron chi connectivity index (χ4n) is 2.79. The van der Waals surface area contributed by atoms with Crippen molar-refractivity contribution in [3.8, 4) is 0 Å². The maximum Gasteiger partial charge on any atom is 0.150 e. The molecule has 3 atom stereocenters. The number of thioether (sulfide) groups is 1. The van der Waals surface area contributed by atoms with Crippen LogP contribution in [0.1, 0.15) is 44.2 Å². The van der Waals surface area contributed by atoms with Gasteiger partial charge in [-0.15, -0.1) is 11.8 Å². The molecule has 1 aliphatic rings. The minimum Gasteiger partial charge on any atom is -0.313 e. The SMILES string of the molecule is CNC(C)c1ccc(SC2CCCC(S(C)(=O)=O)C2)cc1. The van der Waals surface area contributed by atoms with Crippen LogP contribution in [0.4, 0.5) is 0 Å². The summed E-state index contributed by atoms with van der Waals surface area (Å²) in [5.41, 5.74) is 1.28. The largest absolute Gasteiger partial charge is 0.313 e. The molecule has 0 saturated heterocycles. The van der Waals surface area contributed by atoms with Crippen LogP contribution in [-0.2, 0) is 9.84 Å². The number of benzene rings is 1. The monoisotopic (exact) mass is 327 g/mol. The maximum absolute atomic E-state index is 11.7. The lowest BCUT2D eigenvalue weighted by atomic mass is 10.00. The predicted octanol–water partition coefficient (Wildman–Crippen LogP) is 3.41. The molecule has 2 rings (SSSR count). The molecule has 1 aromatic carbocycles. The van der Waals surface area contributed by atoms with Gasteiger partial charge in [0.2, 0.25) is 0 Å². The number of rotatable bonds is 5. The highest BCUT2D eigenvalue weighted by molar-refractivity contribution is 8.00. The van der Waals surface area contributed by atoms with Gasteiger partial charge < -0.3 is 5.32 Å². The van der Waals surface area contributed by atoms with Gasteiger partial charge in [-0.05, 0) is 50.9 Å². The van der Waals surface area contributed by atoms with Crippen molar-refractivity contribution >= 4 is 21.6 Å². The van der Waals surface area contributed by atoms with E-state index in [1.165, 1.54) is 16.7 Å². The van der Waals surface area contributed by atoms with E-state index in [2.05, 4.69) is 36.5 Å². The zero-order chi connectivity index (χ0) is 15.5. The summed E-state index contributed by atoms with van der Waals surface area (Å²) in [5.74, 6) is 0. The van der Waals surface area contributed by atoms with Crippen LogP contribution in [0.2, 0.25) is 0 Å². The van der Waals surface area contributed by atoms with Gasteiger partial charge in [0.05, 0.1) is 5.25 Å². The summed E-state index contributed by atoms with van der Waals surface area (Å²) in [6.45, 7) is 2.14. The second-order valence-corrected chi connectivity index (χ2v) is 9.64. The van der Waals surface area contributed by atoms with Crippen LogP contribution < -0.4 is 5.32 Å². The van der Waals surface area contributed by atoms with Crippen LogP contribution in [0.25, 0.3) is 0 Å². The van der Waals surface area contributed by atoms with Gasteiger partial charge in [0.25, 0.3) is 0 Å². The van der Waals surface area contributed by atoms with Crippen molar-refractivity contribution in [2.75, 3.05) is 13.3 Å². The lowest BCUT2D eigenvalue weighted by Crippen LogP contribution is -2.28. The molecule has 5 heteroatoms. The topological polar surface area (TPSA) is 46.2 Å². The van der Waals surface area contributed by atoms with E-state index in [0.29, 0.717) is 11.3 Å². The van der Waals surface area contributed by atoms with E-state index < -0.39 is 9.84 Å². The van der Waals surface area contributed by atoms with Crippen LogP contribution in [0.15, 0.2) is 29.2 Å². The van der Waals surface area contributed by atoms with Crippen molar-refractivity contribution in [1.82, 2.24) is 5.32 Å². The van der Waals surface area contributed by atoms with E-state index in [1.807, 2.05) is 18.8 Å². The van der Waals surface area contributed by atoms with Crippen molar-refractivity contribution in [3.63, 3.8) is 0 Å². The molecule has 3 unspecified atom stereocenters. The first-order valence-corrected chi connectivity index (χ1v) is 10.4. The fraction of sp³-hybridized carbons (Fsp3) is 0.625. The highest BCUT2D eigenvalue weighted by Crippen LogP contribution is 2.36. The molecule has 1 fully saturated rings. The molecule has 21 heavy (non-hydrogen) atoms. The van der Waals surface area contributed by atoms with Gasteiger partial charge in [0.1, 0.15) is 9.84 Å². The Bertz CT molecular complexity index is 554. The Hall–Kier alpha value is -0.520. The summed E-state index contributed by atoms with van der Waals surface area (Å²) in [4.78, 5) is 1.24. The van der Waals surface area contributed by atoms with Gasteiger partial charge >= 0.3 is 0 Å². The zero-order valence-electron chi connectivity index (χ0n) is 13.0. The van der Waals surface area contributed by atoms with Crippen LogP contribution >= 0.6 is 11.8 Å². The molecule has 118 valence electrons. The molecule has 1 saturated carbocycles.